The van der Waals surface area contributed by atoms with Gasteiger partial charge in [-0.05, 0) is 25.5 Å². The molecule has 0 bridgehead atoms. The van der Waals surface area contributed by atoms with Gasteiger partial charge in [0.1, 0.15) is 4.90 Å². The van der Waals surface area contributed by atoms with Crippen molar-refractivity contribution in [3.63, 3.8) is 0 Å². The lowest BCUT2D eigenvalue weighted by Crippen LogP contribution is -2.14. The number of rotatable bonds is 5. The van der Waals surface area contributed by atoms with Crippen molar-refractivity contribution >= 4 is 21.7 Å². The topological polar surface area (TPSA) is 96.9 Å². The van der Waals surface area contributed by atoms with Crippen LogP contribution in [-0.2, 0) is 10.0 Å². The summed E-state index contributed by atoms with van der Waals surface area (Å²) in [5.41, 5.74) is 1.27. The molecule has 0 saturated carbocycles. The second kappa shape index (κ2) is 5.83. The van der Waals surface area contributed by atoms with E-state index in [1.54, 1.807) is 12.3 Å². The first-order valence-corrected chi connectivity index (χ1v) is 7.50. The third kappa shape index (κ3) is 3.41. The number of anilines is 2. The van der Waals surface area contributed by atoms with Gasteiger partial charge in [0.25, 0.3) is 10.0 Å². The predicted molar refractivity (Wildman–Crippen MR) is 76.0 cm³/mol. The van der Waals surface area contributed by atoms with Crippen LogP contribution < -0.4 is 10.0 Å². The van der Waals surface area contributed by atoms with Crippen LogP contribution in [0.5, 0.6) is 0 Å². The molecule has 0 aliphatic carbocycles. The van der Waals surface area contributed by atoms with Gasteiger partial charge in [-0.2, -0.15) is 0 Å². The van der Waals surface area contributed by atoms with Crippen molar-refractivity contribution in [1.82, 2.24) is 15.0 Å². The number of hydrogen-bond donors (Lipinski definition) is 2. The van der Waals surface area contributed by atoms with Crippen LogP contribution >= 0.6 is 0 Å². The maximum atomic E-state index is 12.1. The second-order valence-electron chi connectivity index (χ2n) is 4.13. The fourth-order valence-corrected chi connectivity index (χ4v) is 2.45. The molecule has 0 aliphatic heterocycles. The Balaban J connectivity index is 2.21. The van der Waals surface area contributed by atoms with Gasteiger partial charge < -0.3 is 5.32 Å². The number of aryl methyl sites for hydroxylation is 1. The SMILES string of the molecule is CCNc1ncc(S(=O)(=O)Nc2cncc(C)c2)cn1. The highest BCUT2D eigenvalue weighted by molar-refractivity contribution is 7.92. The van der Waals surface area contributed by atoms with Crippen LogP contribution in [-0.4, -0.2) is 29.9 Å². The number of nitrogens with one attached hydrogen (secondary N) is 2. The Kier molecular flexibility index (Phi) is 4.14. The van der Waals surface area contributed by atoms with Gasteiger partial charge in [-0.1, -0.05) is 0 Å². The maximum absolute atomic E-state index is 12.1. The molecule has 2 N–H and O–H groups in total. The molecule has 0 radical (unpaired) electrons. The molecule has 0 saturated heterocycles. The van der Waals surface area contributed by atoms with E-state index in [9.17, 15) is 8.42 Å². The van der Waals surface area contributed by atoms with E-state index in [0.29, 0.717) is 18.2 Å². The van der Waals surface area contributed by atoms with Crippen LogP contribution in [0.25, 0.3) is 0 Å². The molecular formula is C12H15N5O2S. The molecule has 0 unspecified atom stereocenters. The fraction of sp³-hybridized carbons (Fsp3) is 0.250. The van der Waals surface area contributed by atoms with E-state index in [1.165, 1.54) is 18.6 Å². The Hall–Kier alpha value is -2.22. The lowest BCUT2D eigenvalue weighted by atomic mass is 10.3. The molecule has 106 valence electrons. The molecule has 7 nitrogen and oxygen atoms in total. The molecular weight excluding hydrogens is 278 g/mol. The summed E-state index contributed by atoms with van der Waals surface area (Å²) in [6.45, 7) is 4.40. The van der Waals surface area contributed by atoms with Crippen molar-refractivity contribution in [3.05, 3.63) is 36.4 Å². The van der Waals surface area contributed by atoms with Crippen LogP contribution in [0, 0.1) is 6.92 Å². The monoisotopic (exact) mass is 293 g/mol. The highest BCUT2D eigenvalue weighted by atomic mass is 32.2. The number of hydrogen-bond acceptors (Lipinski definition) is 6. The quantitative estimate of drug-likeness (QED) is 0.865. The Bertz CT molecular complexity index is 685. The van der Waals surface area contributed by atoms with E-state index < -0.39 is 10.0 Å². The van der Waals surface area contributed by atoms with Crippen molar-refractivity contribution < 1.29 is 8.42 Å². The first-order chi connectivity index (χ1) is 9.51. The Morgan fingerprint density at radius 3 is 2.45 bits per heavy atom. The summed E-state index contributed by atoms with van der Waals surface area (Å²) in [5, 5.41) is 2.90. The molecule has 0 atom stereocenters. The van der Waals surface area contributed by atoms with E-state index >= 15 is 0 Å². The molecule has 2 heterocycles. The van der Waals surface area contributed by atoms with Crippen LogP contribution in [0.1, 0.15) is 12.5 Å². The number of aromatic nitrogens is 3. The molecule has 20 heavy (non-hydrogen) atoms. The largest absolute Gasteiger partial charge is 0.355 e. The van der Waals surface area contributed by atoms with E-state index in [0.717, 1.165) is 5.56 Å². The Labute approximate surface area is 117 Å². The van der Waals surface area contributed by atoms with E-state index in [4.69, 9.17) is 0 Å². The van der Waals surface area contributed by atoms with Crippen LogP contribution in [0.3, 0.4) is 0 Å². The van der Waals surface area contributed by atoms with Crippen LogP contribution in [0.15, 0.2) is 35.7 Å². The molecule has 8 heteroatoms. The smallest absolute Gasteiger partial charge is 0.265 e. The van der Waals surface area contributed by atoms with Gasteiger partial charge in [-0.25, -0.2) is 18.4 Å². The lowest BCUT2D eigenvalue weighted by Gasteiger charge is -2.08. The van der Waals surface area contributed by atoms with Gasteiger partial charge in [0.2, 0.25) is 5.95 Å². The van der Waals surface area contributed by atoms with Crippen molar-refractivity contribution in [2.45, 2.75) is 18.7 Å². The second-order valence-corrected chi connectivity index (χ2v) is 5.81. The molecule has 0 spiro atoms. The van der Waals surface area contributed by atoms with E-state index in [-0.39, 0.29) is 4.90 Å². The highest BCUT2D eigenvalue weighted by Gasteiger charge is 2.15. The zero-order chi connectivity index (χ0) is 14.6. The summed E-state index contributed by atoms with van der Waals surface area (Å²) in [6.07, 6.45) is 5.61. The molecule has 0 aromatic carbocycles. The summed E-state index contributed by atoms with van der Waals surface area (Å²) in [7, 11) is -3.70. The van der Waals surface area contributed by atoms with Crippen molar-refractivity contribution in [1.29, 1.82) is 0 Å². The first-order valence-electron chi connectivity index (χ1n) is 6.01. The van der Waals surface area contributed by atoms with Crippen molar-refractivity contribution in [2.24, 2.45) is 0 Å². The molecule has 2 aromatic heterocycles. The lowest BCUT2D eigenvalue weighted by molar-refractivity contribution is 0.600. The Morgan fingerprint density at radius 1 is 1.15 bits per heavy atom. The third-order valence-corrected chi connectivity index (χ3v) is 3.74. The summed E-state index contributed by atoms with van der Waals surface area (Å²) < 4.78 is 26.7. The zero-order valence-electron chi connectivity index (χ0n) is 11.2. The minimum Gasteiger partial charge on any atom is -0.355 e. The highest BCUT2D eigenvalue weighted by Crippen LogP contribution is 2.15. The van der Waals surface area contributed by atoms with Crippen molar-refractivity contribution in [3.8, 4) is 0 Å². The zero-order valence-corrected chi connectivity index (χ0v) is 12.0. The average molecular weight is 293 g/mol. The first kappa shape index (κ1) is 14.2. The molecule has 2 aromatic rings. The van der Waals surface area contributed by atoms with Crippen molar-refractivity contribution in [2.75, 3.05) is 16.6 Å². The van der Waals surface area contributed by atoms with Crippen LogP contribution in [0.2, 0.25) is 0 Å². The number of pyridine rings is 1. The van der Waals surface area contributed by atoms with Crippen LogP contribution in [0.4, 0.5) is 11.6 Å². The van der Waals surface area contributed by atoms with Gasteiger partial charge in [0.15, 0.2) is 0 Å². The van der Waals surface area contributed by atoms with Gasteiger partial charge in [0, 0.05) is 12.7 Å². The third-order valence-electron chi connectivity index (χ3n) is 2.40. The van der Waals surface area contributed by atoms with E-state index in [1.807, 2.05) is 13.8 Å². The maximum Gasteiger partial charge on any atom is 0.265 e. The normalized spacial score (nSPS) is 11.1. The molecule has 0 fully saturated rings. The minimum atomic E-state index is -3.70. The molecule has 0 aliphatic rings. The molecule has 0 amide bonds. The predicted octanol–water partition coefficient (Wildman–Crippen LogP) is 1.41. The van der Waals surface area contributed by atoms with Gasteiger partial charge in [-0.15, -0.1) is 0 Å². The van der Waals surface area contributed by atoms with Gasteiger partial charge >= 0.3 is 0 Å². The standard InChI is InChI=1S/C12H15N5O2S/c1-3-14-12-15-7-11(8-16-12)20(18,19)17-10-4-9(2)5-13-6-10/h4-8,17H,3H2,1-2H3,(H,14,15,16). The summed E-state index contributed by atoms with van der Waals surface area (Å²) in [6, 6.07) is 1.69. The van der Waals surface area contributed by atoms with Gasteiger partial charge in [0.05, 0.1) is 24.3 Å². The molecule has 2 rings (SSSR count). The number of nitrogens with zero attached hydrogens (tertiary/aromatic N) is 3. The van der Waals surface area contributed by atoms with Gasteiger partial charge in [-0.3, -0.25) is 9.71 Å². The Morgan fingerprint density at radius 2 is 1.85 bits per heavy atom. The summed E-state index contributed by atoms with van der Waals surface area (Å²) >= 11 is 0. The summed E-state index contributed by atoms with van der Waals surface area (Å²) in [4.78, 5) is 11.8. The summed E-state index contributed by atoms with van der Waals surface area (Å²) in [5.74, 6) is 0.392. The fourth-order valence-electron chi connectivity index (χ4n) is 1.53. The van der Waals surface area contributed by atoms with E-state index in [2.05, 4.69) is 25.0 Å². The number of sulfonamides is 1. The average Bonchev–Trinajstić information content (AvgIpc) is 2.39. The minimum absolute atomic E-state index is 0.000610.